The monoisotopic (exact) mass is 375 g/mol. The molecule has 6 nitrogen and oxygen atoms in total. The lowest BCUT2D eigenvalue weighted by atomic mass is 10.1. The van der Waals surface area contributed by atoms with E-state index in [1.54, 1.807) is 23.1 Å². The molecule has 0 saturated carbocycles. The van der Waals surface area contributed by atoms with Crippen molar-refractivity contribution in [3.05, 3.63) is 23.2 Å². The summed E-state index contributed by atoms with van der Waals surface area (Å²) in [7, 11) is 1.53. The third-order valence-electron chi connectivity index (χ3n) is 3.83. The number of halogens is 2. The molecule has 1 saturated heterocycles. The topological polar surface area (TPSA) is 84.7 Å². The zero-order chi connectivity index (χ0) is 17.0. The highest BCUT2D eigenvalue weighted by Crippen LogP contribution is 2.35. The van der Waals surface area contributed by atoms with E-state index < -0.39 is 0 Å². The van der Waals surface area contributed by atoms with Crippen LogP contribution in [0.2, 0.25) is 5.02 Å². The Morgan fingerprint density at radius 1 is 1.54 bits per heavy atom. The minimum atomic E-state index is -0.376. The first-order valence-electron chi connectivity index (χ1n) is 7.59. The van der Waals surface area contributed by atoms with Crippen LogP contribution in [0, 0.1) is 5.92 Å². The van der Waals surface area contributed by atoms with Gasteiger partial charge in [0.15, 0.2) is 0 Å². The maximum absolute atomic E-state index is 12.3. The van der Waals surface area contributed by atoms with Crippen LogP contribution in [-0.4, -0.2) is 38.1 Å². The van der Waals surface area contributed by atoms with Crippen LogP contribution in [0.4, 0.5) is 5.69 Å². The Morgan fingerprint density at radius 2 is 2.25 bits per heavy atom. The number of hydrogen-bond donors (Lipinski definition) is 2. The normalized spacial score (nSPS) is 18.1. The second-order valence-electron chi connectivity index (χ2n) is 5.78. The molecule has 1 aliphatic heterocycles. The van der Waals surface area contributed by atoms with Gasteiger partial charge in [-0.2, -0.15) is 0 Å². The molecule has 1 fully saturated rings. The van der Waals surface area contributed by atoms with Crippen molar-refractivity contribution in [2.75, 3.05) is 25.1 Å². The number of anilines is 1. The molecule has 24 heavy (non-hydrogen) atoms. The minimum absolute atomic E-state index is 0. The van der Waals surface area contributed by atoms with E-state index in [1.807, 2.05) is 6.92 Å². The summed E-state index contributed by atoms with van der Waals surface area (Å²) < 4.78 is 5.28. The Hall–Kier alpha value is -1.50. The lowest BCUT2D eigenvalue weighted by Crippen LogP contribution is -2.35. The van der Waals surface area contributed by atoms with Crippen LogP contribution in [0.5, 0.6) is 5.75 Å². The summed E-state index contributed by atoms with van der Waals surface area (Å²) in [6.07, 6.45) is 0.887. The molecule has 1 aliphatic rings. The number of carbonyl (C=O) groups excluding carboxylic acids is 2. The first-order valence-corrected chi connectivity index (χ1v) is 7.97. The Morgan fingerprint density at radius 3 is 2.88 bits per heavy atom. The van der Waals surface area contributed by atoms with Gasteiger partial charge in [-0.1, -0.05) is 11.6 Å². The Balaban J connectivity index is 0.00000288. The van der Waals surface area contributed by atoms with Crippen molar-refractivity contribution < 1.29 is 14.3 Å². The van der Waals surface area contributed by atoms with Crippen LogP contribution in [-0.2, 0) is 9.59 Å². The lowest BCUT2D eigenvalue weighted by Gasteiger charge is -2.20. The van der Waals surface area contributed by atoms with Crippen LogP contribution in [0.25, 0.3) is 0 Å². The molecule has 3 N–H and O–H groups in total. The van der Waals surface area contributed by atoms with Gasteiger partial charge in [-0.15, -0.1) is 12.4 Å². The first kappa shape index (κ1) is 20.5. The number of hydrogen-bond acceptors (Lipinski definition) is 4. The molecule has 8 heteroatoms. The van der Waals surface area contributed by atoms with E-state index in [0.717, 1.165) is 0 Å². The van der Waals surface area contributed by atoms with Crippen molar-refractivity contribution in [2.24, 2.45) is 11.7 Å². The predicted octanol–water partition coefficient (Wildman–Crippen LogP) is 1.98. The molecule has 0 bridgehead atoms. The van der Waals surface area contributed by atoms with Gasteiger partial charge in [-0.3, -0.25) is 9.59 Å². The van der Waals surface area contributed by atoms with Gasteiger partial charge >= 0.3 is 0 Å². The summed E-state index contributed by atoms with van der Waals surface area (Å²) in [6.45, 7) is 2.72. The quantitative estimate of drug-likeness (QED) is 0.795. The van der Waals surface area contributed by atoms with E-state index in [9.17, 15) is 9.59 Å². The third-order valence-corrected chi connectivity index (χ3v) is 4.06. The second-order valence-corrected chi connectivity index (χ2v) is 6.21. The first-order chi connectivity index (χ1) is 10.9. The van der Waals surface area contributed by atoms with E-state index in [1.165, 1.54) is 7.11 Å². The minimum Gasteiger partial charge on any atom is -0.495 e. The van der Waals surface area contributed by atoms with Crippen LogP contribution < -0.4 is 20.7 Å². The van der Waals surface area contributed by atoms with Gasteiger partial charge in [0, 0.05) is 30.6 Å². The zero-order valence-electron chi connectivity index (χ0n) is 13.8. The maximum atomic E-state index is 12.3. The van der Waals surface area contributed by atoms with Crippen molar-refractivity contribution in [2.45, 2.75) is 25.8 Å². The van der Waals surface area contributed by atoms with E-state index in [4.69, 9.17) is 22.1 Å². The molecule has 0 spiro atoms. The maximum Gasteiger partial charge on any atom is 0.227 e. The van der Waals surface area contributed by atoms with E-state index in [-0.39, 0.29) is 42.6 Å². The van der Waals surface area contributed by atoms with Gasteiger partial charge < -0.3 is 20.7 Å². The predicted molar refractivity (Wildman–Crippen MR) is 97.0 cm³/mol. The van der Waals surface area contributed by atoms with Crippen molar-refractivity contribution in [3.8, 4) is 5.75 Å². The lowest BCUT2D eigenvalue weighted by molar-refractivity contribution is -0.126. The number of amides is 2. The highest BCUT2D eigenvalue weighted by atomic mass is 35.5. The SMILES string of the molecule is COc1ccc(Cl)cc1N1CC(C(=O)NCCC(C)N)CC1=O.Cl. The van der Waals surface area contributed by atoms with Crippen LogP contribution in [0.3, 0.4) is 0 Å². The fourth-order valence-electron chi connectivity index (χ4n) is 2.56. The fourth-order valence-corrected chi connectivity index (χ4v) is 2.72. The van der Waals surface area contributed by atoms with E-state index >= 15 is 0 Å². The van der Waals surface area contributed by atoms with Crippen molar-refractivity contribution >= 4 is 41.5 Å². The van der Waals surface area contributed by atoms with Crippen molar-refractivity contribution in [1.29, 1.82) is 0 Å². The number of rotatable bonds is 6. The fraction of sp³-hybridized carbons (Fsp3) is 0.500. The van der Waals surface area contributed by atoms with Gasteiger partial charge in [0.1, 0.15) is 5.75 Å². The molecule has 0 aromatic heterocycles. The number of nitrogens with two attached hydrogens (primary N) is 1. The van der Waals surface area contributed by atoms with Gasteiger partial charge in [0.2, 0.25) is 11.8 Å². The smallest absolute Gasteiger partial charge is 0.227 e. The Labute approximate surface area is 153 Å². The molecule has 2 unspecified atom stereocenters. The zero-order valence-corrected chi connectivity index (χ0v) is 15.3. The van der Waals surface area contributed by atoms with Crippen LogP contribution in [0.15, 0.2) is 18.2 Å². The van der Waals surface area contributed by atoms with Gasteiger partial charge in [0.05, 0.1) is 18.7 Å². The van der Waals surface area contributed by atoms with E-state index in [0.29, 0.717) is 36.0 Å². The molecule has 0 aliphatic carbocycles. The highest BCUT2D eigenvalue weighted by molar-refractivity contribution is 6.31. The number of methoxy groups -OCH3 is 1. The van der Waals surface area contributed by atoms with Crippen LogP contribution in [0.1, 0.15) is 19.8 Å². The summed E-state index contributed by atoms with van der Waals surface area (Å²) >= 11 is 6.01. The largest absolute Gasteiger partial charge is 0.495 e. The second kappa shape index (κ2) is 9.11. The van der Waals surface area contributed by atoms with Crippen molar-refractivity contribution in [3.63, 3.8) is 0 Å². The van der Waals surface area contributed by atoms with Crippen molar-refractivity contribution in [1.82, 2.24) is 5.32 Å². The number of nitrogens with zero attached hydrogens (tertiary/aromatic N) is 1. The average Bonchev–Trinajstić information content (AvgIpc) is 2.88. The number of benzene rings is 1. The summed E-state index contributed by atoms with van der Waals surface area (Å²) in [6, 6.07) is 5.12. The average molecular weight is 376 g/mol. The summed E-state index contributed by atoms with van der Waals surface area (Å²) in [5.74, 6) is -0.0552. The molecule has 2 atom stereocenters. The molecule has 2 rings (SSSR count). The summed E-state index contributed by atoms with van der Waals surface area (Å²) in [5.41, 5.74) is 6.25. The third kappa shape index (κ3) is 5.00. The van der Waals surface area contributed by atoms with E-state index in [2.05, 4.69) is 5.32 Å². The number of carbonyl (C=O) groups is 2. The molecular formula is C16H23Cl2N3O3. The molecule has 1 aromatic rings. The molecule has 0 radical (unpaired) electrons. The molecular weight excluding hydrogens is 353 g/mol. The molecule has 134 valence electrons. The molecule has 2 amide bonds. The Kier molecular flexibility index (Phi) is 7.79. The van der Waals surface area contributed by atoms with Gasteiger partial charge in [0.25, 0.3) is 0 Å². The van der Waals surface area contributed by atoms with Gasteiger partial charge in [-0.25, -0.2) is 0 Å². The van der Waals surface area contributed by atoms with Gasteiger partial charge in [-0.05, 0) is 31.5 Å². The summed E-state index contributed by atoms with van der Waals surface area (Å²) in [4.78, 5) is 26.0. The number of ether oxygens (including phenoxy) is 1. The summed E-state index contributed by atoms with van der Waals surface area (Å²) in [5, 5.41) is 3.35. The number of nitrogens with one attached hydrogen (secondary N) is 1. The van der Waals surface area contributed by atoms with Crippen LogP contribution >= 0.6 is 24.0 Å². The molecule has 1 aromatic carbocycles. The highest BCUT2D eigenvalue weighted by Gasteiger charge is 2.36. The standard InChI is InChI=1S/C16H22ClN3O3.ClH/c1-10(18)5-6-19-16(22)11-7-15(21)20(9-11)13-8-12(17)3-4-14(13)23-2;/h3-4,8,10-11H,5-7,9,18H2,1-2H3,(H,19,22);1H. The Bertz CT molecular complexity index is 596. The molecule has 1 heterocycles.